The van der Waals surface area contributed by atoms with Gasteiger partial charge >= 0.3 is 12.1 Å². The van der Waals surface area contributed by atoms with Gasteiger partial charge in [-0.2, -0.15) is 0 Å². The molecule has 0 aliphatic carbocycles. The maximum absolute atomic E-state index is 13.1. The molecule has 1 N–H and O–H groups in total. The summed E-state index contributed by atoms with van der Waals surface area (Å²) < 4.78 is 11.3. The number of carbonyl (C=O) groups is 2. The number of carbonyl (C=O) groups excluding carboxylic acids is 2. The van der Waals surface area contributed by atoms with Crippen LogP contribution in [-0.2, 0) is 20.9 Å². The first-order valence-electron chi connectivity index (χ1n) is 11.9. The van der Waals surface area contributed by atoms with Crippen molar-refractivity contribution in [2.24, 2.45) is 11.8 Å². The topological polar surface area (TPSA) is 67.9 Å². The normalized spacial score (nSPS) is 19.1. The molecule has 0 aromatic heterocycles. The third-order valence-electron chi connectivity index (χ3n) is 5.75. The van der Waals surface area contributed by atoms with Gasteiger partial charge in [0.1, 0.15) is 18.2 Å². The van der Waals surface area contributed by atoms with E-state index in [2.05, 4.69) is 37.9 Å². The largest absolute Gasteiger partial charge is 0.459 e. The second kappa shape index (κ2) is 11.7. The Balaban J connectivity index is 2.12. The first-order chi connectivity index (χ1) is 15.0. The van der Waals surface area contributed by atoms with Gasteiger partial charge in [0.15, 0.2) is 0 Å². The predicted octanol–water partition coefficient (Wildman–Crippen LogP) is 5.16. The van der Waals surface area contributed by atoms with Crippen LogP contribution in [0.4, 0.5) is 4.79 Å². The monoisotopic (exact) mass is 446 g/mol. The summed E-state index contributed by atoms with van der Waals surface area (Å²) >= 11 is 0. The molecule has 32 heavy (non-hydrogen) atoms. The van der Waals surface area contributed by atoms with Gasteiger partial charge in [-0.3, -0.25) is 9.69 Å². The van der Waals surface area contributed by atoms with Crippen LogP contribution in [0.5, 0.6) is 0 Å². The number of hydrogen-bond acceptors (Lipinski definition) is 5. The number of rotatable bonds is 9. The Hall–Kier alpha value is -2.08. The van der Waals surface area contributed by atoms with Crippen molar-refractivity contribution in [3.05, 3.63) is 35.9 Å². The highest BCUT2D eigenvalue weighted by Crippen LogP contribution is 2.30. The van der Waals surface area contributed by atoms with E-state index >= 15 is 0 Å². The molecule has 6 nitrogen and oxygen atoms in total. The van der Waals surface area contributed by atoms with Crippen LogP contribution in [0.25, 0.3) is 0 Å². The fourth-order valence-electron chi connectivity index (χ4n) is 4.38. The highest BCUT2D eigenvalue weighted by molar-refractivity contribution is 5.76. The summed E-state index contributed by atoms with van der Waals surface area (Å²) in [6.07, 6.45) is 2.23. The van der Waals surface area contributed by atoms with Gasteiger partial charge in [-0.25, -0.2) is 4.79 Å². The fraction of sp³-hybridized carbons (Fsp3) is 0.692. The van der Waals surface area contributed by atoms with Gasteiger partial charge in [0.25, 0.3) is 0 Å². The number of alkyl carbamates (subject to hydrolysis) is 1. The standard InChI is InChI=1S/C26H42N2O4/c1-18(2)16-22(24(29)32-26(5,6)7)28-15-11-14-21(28)23(19(3)4)27-25(30)31-17-20-12-9-8-10-13-20/h8-10,12-13,18-19,21-23H,11,14-17H2,1-7H3,(H,27,30)/t21-,22-,23-/m0/s1. The molecule has 1 heterocycles. The molecule has 6 heteroatoms. The molecule has 0 saturated carbocycles. The van der Waals surface area contributed by atoms with Gasteiger partial charge in [-0.1, -0.05) is 58.0 Å². The van der Waals surface area contributed by atoms with Crippen molar-refractivity contribution in [2.75, 3.05) is 6.54 Å². The molecule has 3 atom stereocenters. The predicted molar refractivity (Wildman–Crippen MR) is 127 cm³/mol. The summed E-state index contributed by atoms with van der Waals surface area (Å²) in [5.41, 5.74) is 0.423. The average molecular weight is 447 g/mol. The number of ether oxygens (including phenoxy) is 2. The Bertz CT molecular complexity index is 727. The molecule has 1 aromatic carbocycles. The zero-order valence-electron chi connectivity index (χ0n) is 20.9. The Morgan fingerprint density at radius 1 is 1.12 bits per heavy atom. The highest BCUT2D eigenvalue weighted by Gasteiger charge is 2.42. The molecule has 2 rings (SSSR count). The summed E-state index contributed by atoms with van der Waals surface area (Å²) in [6, 6.07) is 9.29. The molecular formula is C26H42N2O4. The summed E-state index contributed by atoms with van der Waals surface area (Å²) in [5.74, 6) is 0.380. The van der Waals surface area contributed by atoms with E-state index in [1.54, 1.807) is 0 Å². The highest BCUT2D eigenvalue weighted by atomic mass is 16.6. The summed E-state index contributed by atoms with van der Waals surface area (Å²) in [7, 11) is 0. The lowest BCUT2D eigenvalue weighted by Gasteiger charge is -2.39. The van der Waals surface area contributed by atoms with Crippen LogP contribution in [0.2, 0.25) is 0 Å². The van der Waals surface area contributed by atoms with Crippen molar-refractivity contribution in [3.63, 3.8) is 0 Å². The lowest BCUT2D eigenvalue weighted by atomic mass is 9.92. The van der Waals surface area contributed by atoms with Crippen LogP contribution in [-0.4, -0.2) is 47.2 Å². The lowest BCUT2D eigenvalue weighted by Crippen LogP contribution is -2.56. The number of esters is 1. The smallest absolute Gasteiger partial charge is 0.407 e. The van der Waals surface area contributed by atoms with Gasteiger partial charge in [-0.05, 0) is 64.0 Å². The number of benzene rings is 1. The van der Waals surface area contributed by atoms with Crippen LogP contribution < -0.4 is 5.32 Å². The molecule has 1 aliphatic heterocycles. The van der Waals surface area contributed by atoms with E-state index < -0.39 is 11.7 Å². The zero-order valence-corrected chi connectivity index (χ0v) is 20.9. The van der Waals surface area contributed by atoms with Crippen molar-refractivity contribution in [1.82, 2.24) is 10.2 Å². The van der Waals surface area contributed by atoms with Crippen LogP contribution in [0, 0.1) is 11.8 Å². The summed E-state index contributed by atoms with van der Waals surface area (Å²) in [4.78, 5) is 28.0. The molecule has 0 radical (unpaired) electrons. The first kappa shape index (κ1) is 26.2. The molecule has 0 unspecified atom stereocenters. The first-order valence-corrected chi connectivity index (χ1v) is 11.9. The van der Waals surface area contributed by atoms with Gasteiger partial charge in [0.2, 0.25) is 0 Å². The molecule has 1 aromatic rings. The van der Waals surface area contributed by atoms with E-state index in [-0.39, 0.29) is 36.6 Å². The Kier molecular flexibility index (Phi) is 9.56. The third kappa shape index (κ3) is 8.12. The average Bonchev–Trinajstić information content (AvgIpc) is 3.16. The molecule has 1 aliphatic rings. The summed E-state index contributed by atoms with van der Waals surface area (Å²) in [6.45, 7) is 15.2. The molecular weight excluding hydrogens is 404 g/mol. The molecule has 1 fully saturated rings. The third-order valence-corrected chi connectivity index (χ3v) is 5.75. The van der Waals surface area contributed by atoms with E-state index in [0.717, 1.165) is 31.4 Å². The van der Waals surface area contributed by atoms with Crippen molar-refractivity contribution >= 4 is 12.1 Å². The Labute approximate surface area is 194 Å². The van der Waals surface area contributed by atoms with Crippen molar-refractivity contribution in [3.8, 4) is 0 Å². The van der Waals surface area contributed by atoms with Crippen LogP contribution >= 0.6 is 0 Å². The minimum Gasteiger partial charge on any atom is -0.459 e. The van der Waals surface area contributed by atoms with Gasteiger partial charge in [0, 0.05) is 6.04 Å². The maximum atomic E-state index is 13.1. The second-order valence-electron chi connectivity index (χ2n) is 10.6. The minimum absolute atomic E-state index is 0.0653. The summed E-state index contributed by atoms with van der Waals surface area (Å²) in [5, 5.41) is 3.10. The Morgan fingerprint density at radius 2 is 1.78 bits per heavy atom. The van der Waals surface area contributed by atoms with E-state index in [0.29, 0.717) is 5.92 Å². The van der Waals surface area contributed by atoms with E-state index in [4.69, 9.17) is 9.47 Å². The van der Waals surface area contributed by atoms with E-state index in [1.807, 2.05) is 51.1 Å². The molecule has 1 amide bonds. The molecule has 0 spiro atoms. The number of nitrogens with one attached hydrogen (secondary N) is 1. The van der Waals surface area contributed by atoms with Gasteiger partial charge < -0.3 is 14.8 Å². The number of amides is 1. The van der Waals surface area contributed by atoms with E-state index in [1.165, 1.54) is 0 Å². The molecule has 0 bridgehead atoms. The van der Waals surface area contributed by atoms with E-state index in [9.17, 15) is 9.59 Å². The van der Waals surface area contributed by atoms with Gasteiger partial charge in [-0.15, -0.1) is 0 Å². The fourth-order valence-corrected chi connectivity index (χ4v) is 4.38. The quantitative estimate of drug-likeness (QED) is 0.531. The van der Waals surface area contributed by atoms with Crippen molar-refractivity contribution < 1.29 is 19.1 Å². The van der Waals surface area contributed by atoms with Crippen molar-refractivity contribution in [1.29, 1.82) is 0 Å². The number of nitrogens with zero attached hydrogens (tertiary/aromatic N) is 1. The number of hydrogen-bond donors (Lipinski definition) is 1. The maximum Gasteiger partial charge on any atom is 0.407 e. The number of likely N-dealkylation sites (tertiary alicyclic amines) is 1. The van der Waals surface area contributed by atoms with Crippen LogP contribution in [0.1, 0.15) is 73.3 Å². The van der Waals surface area contributed by atoms with Crippen LogP contribution in [0.3, 0.4) is 0 Å². The zero-order chi connectivity index (χ0) is 23.9. The SMILES string of the molecule is CC(C)C[C@@H](C(=O)OC(C)(C)C)N1CCC[C@H]1[C@@H](NC(=O)OCc1ccccc1)C(C)C. The van der Waals surface area contributed by atoms with Crippen molar-refractivity contribution in [2.45, 2.75) is 98.1 Å². The molecule has 180 valence electrons. The lowest BCUT2D eigenvalue weighted by molar-refractivity contribution is -0.163. The second-order valence-corrected chi connectivity index (χ2v) is 10.6. The van der Waals surface area contributed by atoms with Crippen LogP contribution in [0.15, 0.2) is 30.3 Å². The van der Waals surface area contributed by atoms with Gasteiger partial charge in [0.05, 0.1) is 6.04 Å². The molecule has 1 saturated heterocycles. The minimum atomic E-state index is -0.529. The Morgan fingerprint density at radius 3 is 2.34 bits per heavy atom.